The molecule has 6 nitrogen and oxygen atoms in total. The third-order valence-corrected chi connectivity index (χ3v) is 15.0. The average Bonchev–Trinajstić information content (AvgIpc) is 3.58. The summed E-state index contributed by atoms with van der Waals surface area (Å²) in [6, 6.07) is 21.7. The highest BCUT2D eigenvalue weighted by Gasteiger charge is 2.59. The number of allylic oxidation sites excluding steroid dienone is 1. The van der Waals surface area contributed by atoms with E-state index in [-0.39, 0.29) is 35.6 Å². The molecule has 44 heavy (non-hydrogen) atoms. The second-order valence-corrected chi connectivity index (χ2v) is 18.3. The third-order valence-electron chi connectivity index (χ3n) is 9.98. The molecule has 0 unspecified atom stereocenters. The van der Waals surface area contributed by atoms with Gasteiger partial charge in [0.2, 0.25) is 0 Å². The van der Waals surface area contributed by atoms with Crippen LogP contribution in [0.4, 0.5) is 0 Å². The molecule has 0 N–H and O–H groups in total. The van der Waals surface area contributed by atoms with E-state index in [1.807, 2.05) is 0 Å². The molecule has 0 saturated carbocycles. The van der Waals surface area contributed by atoms with Crippen LogP contribution in [0.25, 0.3) is 0 Å². The van der Waals surface area contributed by atoms with Crippen molar-refractivity contribution in [2.45, 2.75) is 114 Å². The van der Waals surface area contributed by atoms with Crippen LogP contribution in [0.5, 0.6) is 0 Å². The topological polar surface area (TPSA) is 55.4 Å². The Kier molecular flexibility index (Phi) is 9.38. The van der Waals surface area contributed by atoms with E-state index in [1.54, 1.807) is 7.11 Å². The number of benzene rings is 2. The van der Waals surface area contributed by atoms with Gasteiger partial charge in [-0.25, -0.2) is 0 Å². The summed E-state index contributed by atoms with van der Waals surface area (Å²) in [5.74, 6) is -1.16. The Morgan fingerprint density at radius 2 is 1.64 bits per heavy atom. The van der Waals surface area contributed by atoms with Gasteiger partial charge in [-0.3, -0.25) is 0 Å². The molecule has 2 spiro atoms. The van der Waals surface area contributed by atoms with Gasteiger partial charge in [0.1, 0.15) is 0 Å². The Morgan fingerprint density at radius 3 is 2.30 bits per heavy atom. The lowest BCUT2D eigenvalue weighted by Gasteiger charge is -2.45. The molecule has 3 saturated heterocycles. The molecule has 0 aromatic heterocycles. The Hall–Kier alpha value is -2.10. The van der Waals surface area contributed by atoms with Gasteiger partial charge in [-0.15, -0.1) is 0 Å². The second-order valence-electron chi connectivity index (χ2n) is 14.0. The van der Waals surface area contributed by atoms with Gasteiger partial charge < -0.3 is 28.1 Å². The molecule has 7 atom stereocenters. The number of fused-ring (bicyclic) bond motifs is 1. The zero-order chi connectivity index (χ0) is 30.8. The number of unbranched alkanes of at least 4 members (excludes halogenated alkanes) is 1. The zero-order valence-corrected chi connectivity index (χ0v) is 28.1. The van der Waals surface area contributed by atoms with Gasteiger partial charge >= 0.3 is 0 Å². The van der Waals surface area contributed by atoms with Crippen LogP contribution in [-0.2, 0) is 28.1 Å². The van der Waals surface area contributed by atoms with Crippen LogP contribution in [0.15, 0.2) is 85.0 Å². The summed E-state index contributed by atoms with van der Waals surface area (Å²) in [5, 5.41) is 2.63. The molecule has 0 bridgehead atoms. The van der Waals surface area contributed by atoms with Gasteiger partial charge in [-0.1, -0.05) is 107 Å². The lowest BCUT2D eigenvalue weighted by Crippen LogP contribution is -2.66. The van der Waals surface area contributed by atoms with Crippen molar-refractivity contribution in [2.24, 2.45) is 5.92 Å². The lowest BCUT2D eigenvalue weighted by atomic mass is 9.86. The van der Waals surface area contributed by atoms with Crippen LogP contribution in [0, 0.1) is 5.92 Å². The largest absolute Gasteiger partial charge is 0.407 e. The number of hydrogen-bond donors (Lipinski definition) is 0. The summed E-state index contributed by atoms with van der Waals surface area (Å²) in [5.41, 5.74) is 0. The normalized spacial score (nSPS) is 33.9. The smallest absolute Gasteiger partial charge is 0.261 e. The first kappa shape index (κ1) is 31.9. The summed E-state index contributed by atoms with van der Waals surface area (Å²) in [6.45, 7) is 9.90. The van der Waals surface area contributed by atoms with Crippen molar-refractivity contribution < 1.29 is 28.1 Å². The maximum atomic E-state index is 7.06. The number of rotatable bonds is 9. The van der Waals surface area contributed by atoms with Crippen molar-refractivity contribution in [3.8, 4) is 0 Å². The maximum Gasteiger partial charge on any atom is 0.261 e. The van der Waals surface area contributed by atoms with Gasteiger partial charge in [0.15, 0.2) is 17.9 Å². The number of ether oxygens (including phenoxy) is 5. The molecular weight excluding hydrogens is 568 g/mol. The molecule has 4 heterocycles. The van der Waals surface area contributed by atoms with Crippen LogP contribution in [0.1, 0.15) is 72.6 Å². The summed E-state index contributed by atoms with van der Waals surface area (Å²) in [4.78, 5) is 0. The molecule has 3 fully saturated rings. The lowest BCUT2D eigenvalue weighted by molar-refractivity contribution is -0.355. The van der Waals surface area contributed by atoms with Gasteiger partial charge in [0.25, 0.3) is 8.32 Å². The van der Waals surface area contributed by atoms with E-state index >= 15 is 0 Å². The standard InChI is InChI=1S/C37H50O6Si/c1-28-26-32-33(27-34(38-5)40-32)42-37(28)24-23-36(43-37)22-15-17-29(41-36)16-9-8-14-25-39-44(35(2,3)4,30-18-10-6-11-19-30)31-20-12-7-13-21-31/h6-7,9-13,15-16,18-22,28-29,32-34H,8,14,17,23-27H2,1-5H3/b16-9+/t28-,29+,32-,33-,34+,36-,37-/m0/s1. The Balaban J connectivity index is 1.05. The zero-order valence-electron chi connectivity index (χ0n) is 27.1. The molecule has 7 heteroatoms. The van der Waals surface area contributed by atoms with Crippen LogP contribution in [0.3, 0.4) is 0 Å². The van der Waals surface area contributed by atoms with Crippen molar-refractivity contribution in [2.75, 3.05) is 13.7 Å². The highest BCUT2D eigenvalue weighted by molar-refractivity contribution is 6.99. The van der Waals surface area contributed by atoms with E-state index in [2.05, 4.69) is 113 Å². The van der Waals surface area contributed by atoms with E-state index in [1.165, 1.54) is 10.4 Å². The van der Waals surface area contributed by atoms with Gasteiger partial charge in [0, 0.05) is 38.9 Å². The monoisotopic (exact) mass is 618 g/mol. The third kappa shape index (κ3) is 6.17. The van der Waals surface area contributed by atoms with Crippen molar-refractivity contribution in [1.29, 1.82) is 0 Å². The molecule has 2 aromatic rings. The second kappa shape index (κ2) is 13.0. The Labute approximate surface area is 264 Å². The van der Waals surface area contributed by atoms with E-state index in [9.17, 15) is 0 Å². The first-order valence-electron chi connectivity index (χ1n) is 16.5. The van der Waals surface area contributed by atoms with Gasteiger partial charge in [0.05, 0.1) is 18.3 Å². The first-order valence-corrected chi connectivity index (χ1v) is 18.4. The highest BCUT2D eigenvalue weighted by atomic mass is 28.4. The minimum atomic E-state index is -2.50. The fourth-order valence-electron chi connectivity index (χ4n) is 7.72. The van der Waals surface area contributed by atoms with Crippen molar-refractivity contribution in [3.05, 3.63) is 85.0 Å². The SMILES string of the molecule is CO[C@H]1C[C@@H]2O[C@]3(CC[C@]4(C=CC[C@@H](/C=C/CCCO[Si](c5ccccc5)(c5ccccc5)C(C)(C)C)O4)O3)[C@@H](C)C[C@@H]2O1. The fraction of sp³-hybridized carbons (Fsp3) is 0.568. The summed E-state index contributed by atoms with van der Waals surface area (Å²) in [7, 11) is -0.810. The molecule has 0 radical (unpaired) electrons. The highest BCUT2D eigenvalue weighted by Crippen LogP contribution is 2.52. The van der Waals surface area contributed by atoms with E-state index in [0.717, 1.165) is 44.9 Å². The van der Waals surface area contributed by atoms with Gasteiger partial charge in [-0.05, 0) is 47.2 Å². The molecule has 0 aliphatic carbocycles. The van der Waals surface area contributed by atoms with Crippen molar-refractivity contribution in [3.63, 3.8) is 0 Å². The van der Waals surface area contributed by atoms with Crippen LogP contribution in [-0.4, -0.2) is 58.2 Å². The fourth-order valence-corrected chi connectivity index (χ4v) is 12.3. The minimum absolute atomic E-state index is 0.000596. The van der Waals surface area contributed by atoms with Crippen LogP contribution >= 0.6 is 0 Å². The molecule has 2 aromatic carbocycles. The van der Waals surface area contributed by atoms with E-state index in [0.29, 0.717) is 6.61 Å². The van der Waals surface area contributed by atoms with Crippen molar-refractivity contribution in [1.82, 2.24) is 0 Å². The predicted molar refractivity (Wildman–Crippen MR) is 175 cm³/mol. The molecule has 238 valence electrons. The van der Waals surface area contributed by atoms with Crippen molar-refractivity contribution >= 4 is 18.7 Å². The Bertz CT molecular complexity index is 1250. The summed E-state index contributed by atoms with van der Waals surface area (Å²) < 4.78 is 38.6. The van der Waals surface area contributed by atoms with Crippen LogP contribution < -0.4 is 10.4 Å². The predicted octanol–water partition coefficient (Wildman–Crippen LogP) is 6.63. The molecule has 4 aliphatic rings. The van der Waals surface area contributed by atoms with Gasteiger partial charge in [-0.2, -0.15) is 0 Å². The molecular formula is C37H50O6Si. The summed E-state index contributed by atoms with van der Waals surface area (Å²) >= 11 is 0. The minimum Gasteiger partial charge on any atom is -0.407 e. The summed E-state index contributed by atoms with van der Waals surface area (Å²) in [6.07, 6.45) is 14.6. The first-order chi connectivity index (χ1) is 21.2. The molecule has 6 rings (SSSR count). The van der Waals surface area contributed by atoms with E-state index in [4.69, 9.17) is 28.1 Å². The van der Waals surface area contributed by atoms with Crippen LogP contribution in [0.2, 0.25) is 5.04 Å². The molecule has 0 amide bonds. The quantitative estimate of drug-likeness (QED) is 0.179. The number of methoxy groups -OCH3 is 1. The maximum absolute atomic E-state index is 7.06. The Morgan fingerprint density at radius 1 is 0.932 bits per heavy atom. The number of hydrogen-bond acceptors (Lipinski definition) is 6. The van der Waals surface area contributed by atoms with E-state index < -0.39 is 19.9 Å². The average molecular weight is 619 g/mol. The molecule has 4 aliphatic heterocycles.